The predicted octanol–water partition coefficient (Wildman–Crippen LogP) is 1.86. The topological polar surface area (TPSA) is 84.6 Å². The fourth-order valence-corrected chi connectivity index (χ4v) is 1.64. The molecule has 0 aromatic heterocycles. The number of hydrogen-bond acceptors (Lipinski definition) is 4. The minimum Gasteiger partial charge on any atom is -0.506 e. The number of methoxy groups -OCH3 is 1. The summed E-state index contributed by atoms with van der Waals surface area (Å²) in [6.45, 7) is 3.63. The first-order chi connectivity index (χ1) is 8.40. The summed E-state index contributed by atoms with van der Waals surface area (Å²) in [7, 11) is 1.52. The highest BCUT2D eigenvalue weighted by molar-refractivity contribution is 5.98. The number of nitrogens with two attached hydrogens (primary N) is 1. The fraction of sp³-hybridized carbons (Fsp3) is 0.462. The van der Waals surface area contributed by atoms with Crippen LogP contribution < -0.4 is 15.8 Å². The third kappa shape index (κ3) is 3.37. The number of carbonyl (C=O) groups excluding carboxylic acids is 1. The second kappa shape index (κ2) is 5.73. The quantitative estimate of drug-likeness (QED) is 0.698. The van der Waals surface area contributed by atoms with E-state index >= 15 is 0 Å². The molecular formula is C13H20N2O3. The van der Waals surface area contributed by atoms with Crippen molar-refractivity contribution in [2.75, 3.05) is 12.4 Å². The van der Waals surface area contributed by atoms with E-state index in [1.807, 2.05) is 6.92 Å². The van der Waals surface area contributed by atoms with Gasteiger partial charge in [0.2, 0.25) is 5.91 Å². The summed E-state index contributed by atoms with van der Waals surface area (Å²) in [5, 5.41) is 12.3. The summed E-state index contributed by atoms with van der Waals surface area (Å²) >= 11 is 0. The third-order valence-electron chi connectivity index (χ3n) is 2.74. The minimum absolute atomic E-state index is 0.0172. The molecule has 0 fully saturated rings. The van der Waals surface area contributed by atoms with Gasteiger partial charge < -0.3 is 20.9 Å². The Bertz CT molecular complexity index is 430. The Balaban J connectivity index is 2.87. The molecule has 0 saturated heterocycles. The molecule has 0 aliphatic carbocycles. The van der Waals surface area contributed by atoms with Crippen molar-refractivity contribution < 1.29 is 14.6 Å². The largest absolute Gasteiger partial charge is 0.506 e. The molecule has 0 aliphatic heterocycles. The van der Waals surface area contributed by atoms with Gasteiger partial charge in [-0.05, 0) is 25.5 Å². The zero-order chi connectivity index (χ0) is 13.8. The first kappa shape index (κ1) is 14.3. The van der Waals surface area contributed by atoms with E-state index < -0.39 is 5.54 Å². The third-order valence-corrected chi connectivity index (χ3v) is 2.74. The van der Waals surface area contributed by atoms with Crippen LogP contribution in [0.15, 0.2) is 18.2 Å². The molecule has 1 atom stereocenters. The van der Waals surface area contributed by atoms with Crippen LogP contribution in [-0.4, -0.2) is 23.7 Å². The van der Waals surface area contributed by atoms with Crippen molar-refractivity contribution in [3.8, 4) is 11.5 Å². The van der Waals surface area contributed by atoms with Crippen LogP contribution in [-0.2, 0) is 4.79 Å². The average molecular weight is 252 g/mol. The van der Waals surface area contributed by atoms with Crippen LogP contribution in [0.25, 0.3) is 0 Å². The van der Waals surface area contributed by atoms with Gasteiger partial charge in [0.15, 0.2) is 0 Å². The smallest absolute Gasteiger partial charge is 0.244 e. The monoisotopic (exact) mass is 252 g/mol. The Morgan fingerprint density at radius 3 is 2.78 bits per heavy atom. The van der Waals surface area contributed by atoms with Crippen molar-refractivity contribution in [1.82, 2.24) is 0 Å². The highest BCUT2D eigenvalue weighted by Gasteiger charge is 2.27. The van der Waals surface area contributed by atoms with Gasteiger partial charge in [-0.25, -0.2) is 0 Å². The highest BCUT2D eigenvalue weighted by Crippen LogP contribution is 2.28. The predicted molar refractivity (Wildman–Crippen MR) is 70.8 cm³/mol. The van der Waals surface area contributed by atoms with Gasteiger partial charge in [-0.3, -0.25) is 4.79 Å². The van der Waals surface area contributed by atoms with Crippen molar-refractivity contribution in [2.45, 2.75) is 32.2 Å². The van der Waals surface area contributed by atoms with Crippen molar-refractivity contribution in [3.63, 3.8) is 0 Å². The molecule has 1 aromatic carbocycles. The molecule has 0 bridgehead atoms. The van der Waals surface area contributed by atoms with E-state index in [-0.39, 0.29) is 11.7 Å². The Morgan fingerprint density at radius 1 is 1.56 bits per heavy atom. The van der Waals surface area contributed by atoms with Crippen LogP contribution in [0.1, 0.15) is 26.7 Å². The second-order valence-corrected chi connectivity index (χ2v) is 4.50. The molecular weight excluding hydrogens is 232 g/mol. The van der Waals surface area contributed by atoms with Crippen molar-refractivity contribution in [1.29, 1.82) is 0 Å². The molecule has 5 heteroatoms. The number of amides is 1. The van der Waals surface area contributed by atoms with Gasteiger partial charge in [0.25, 0.3) is 0 Å². The first-order valence-electron chi connectivity index (χ1n) is 5.88. The van der Waals surface area contributed by atoms with Gasteiger partial charge in [0.1, 0.15) is 11.5 Å². The number of anilines is 1. The number of aromatic hydroxyl groups is 1. The first-order valence-corrected chi connectivity index (χ1v) is 5.88. The van der Waals surface area contributed by atoms with Crippen LogP contribution in [0.3, 0.4) is 0 Å². The number of phenolic OH excluding ortho intramolecular Hbond substituents is 1. The molecule has 5 nitrogen and oxygen atoms in total. The lowest BCUT2D eigenvalue weighted by atomic mass is 9.96. The highest BCUT2D eigenvalue weighted by atomic mass is 16.5. The van der Waals surface area contributed by atoms with E-state index in [0.717, 1.165) is 6.42 Å². The van der Waals surface area contributed by atoms with Gasteiger partial charge in [-0.15, -0.1) is 0 Å². The van der Waals surface area contributed by atoms with Gasteiger partial charge in [0.05, 0.1) is 18.3 Å². The molecule has 0 aliphatic rings. The lowest BCUT2D eigenvalue weighted by molar-refractivity contribution is -0.120. The Kier molecular flexibility index (Phi) is 4.55. The molecule has 0 spiro atoms. The molecule has 1 unspecified atom stereocenters. The normalized spacial score (nSPS) is 13.8. The van der Waals surface area contributed by atoms with Crippen LogP contribution in [0, 0.1) is 0 Å². The van der Waals surface area contributed by atoms with Crippen LogP contribution in [0.5, 0.6) is 11.5 Å². The SMILES string of the molecule is CCCC(C)(N)C(=O)Nc1cc(OC)ccc1O. The second-order valence-electron chi connectivity index (χ2n) is 4.50. The molecule has 1 rings (SSSR count). The molecule has 4 N–H and O–H groups in total. The van der Waals surface area contributed by atoms with Crippen molar-refractivity contribution in [3.05, 3.63) is 18.2 Å². The standard InChI is InChI=1S/C13H20N2O3/c1-4-7-13(2,14)12(17)15-10-8-9(18-3)5-6-11(10)16/h5-6,8,16H,4,7,14H2,1-3H3,(H,15,17). The van der Waals surface area contributed by atoms with E-state index in [9.17, 15) is 9.90 Å². The molecule has 18 heavy (non-hydrogen) atoms. The maximum absolute atomic E-state index is 12.0. The van der Waals surface area contributed by atoms with Crippen LogP contribution >= 0.6 is 0 Å². The number of hydrogen-bond donors (Lipinski definition) is 3. The average Bonchev–Trinajstić information content (AvgIpc) is 2.31. The number of carbonyl (C=O) groups is 1. The summed E-state index contributed by atoms with van der Waals surface area (Å²) in [5.74, 6) is 0.210. The van der Waals surface area contributed by atoms with E-state index in [2.05, 4.69) is 5.32 Å². The van der Waals surface area contributed by atoms with Gasteiger partial charge in [-0.2, -0.15) is 0 Å². The molecule has 0 heterocycles. The summed E-state index contributed by atoms with van der Waals surface area (Å²) in [5.41, 5.74) is 5.26. The molecule has 100 valence electrons. The maximum atomic E-state index is 12.0. The van der Waals surface area contributed by atoms with Gasteiger partial charge in [-0.1, -0.05) is 13.3 Å². The molecule has 1 aromatic rings. The zero-order valence-corrected chi connectivity index (χ0v) is 11.0. The number of ether oxygens (including phenoxy) is 1. The number of phenols is 1. The number of nitrogens with one attached hydrogen (secondary N) is 1. The summed E-state index contributed by atoms with van der Waals surface area (Å²) in [6, 6.07) is 4.62. The Hall–Kier alpha value is -1.75. The lowest BCUT2D eigenvalue weighted by Gasteiger charge is -2.23. The number of rotatable bonds is 5. The van der Waals surface area contributed by atoms with Crippen LogP contribution in [0.2, 0.25) is 0 Å². The van der Waals surface area contributed by atoms with Crippen molar-refractivity contribution >= 4 is 11.6 Å². The minimum atomic E-state index is -0.954. The Morgan fingerprint density at radius 2 is 2.22 bits per heavy atom. The van der Waals surface area contributed by atoms with Crippen LogP contribution in [0.4, 0.5) is 5.69 Å². The van der Waals surface area contributed by atoms with E-state index in [1.54, 1.807) is 19.1 Å². The lowest BCUT2D eigenvalue weighted by Crippen LogP contribution is -2.48. The Labute approximate surface area is 107 Å². The van der Waals surface area contributed by atoms with E-state index in [4.69, 9.17) is 10.5 Å². The molecule has 1 amide bonds. The summed E-state index contributed by atoms with van der Waals surface area (Å²) in [6.07, 6.45) is 1.38. The number of benzene rings is 1. The zero-order valence-electron chi connectivity index (χ0n) is 11.0. The van der Waals surface area contributed by atoms with E-state index in [0.29, 0.717) is 17.9 Å². The summed E-state index contributed by atoms with van der Waals surface area (Å²) < 4.78 is 5.03. The van der Waals surface area contributed by atoms with Crippen molar-refractivity contribution in [2.24, 2.45) is 5.73 Å². The molecule has 0 radical (unpaired) electrons. The summed E-state index contributed by atoms with van der Waals surface area (Å²) in [4.78, 5) is 12.0. The molecule has 0 saturated carbocycles. The fourth-order valence-electron chi connectivity index (χ4n) is 1.64. The van der Waals surface area contributed by atoms with E-state index in [1.165, 1.54) is 13.2 Å². The van der Waals surface area contributed by atoms with Gasteiger partial charge in [0, 0.05) is 6.07 Å². The maximum Gasteiger partial charge on any atom is 0.244 e. The van der Waals surface area contributed by atoms with Gasteiger partial charge >= 0.3 is 0 Å².